The van der Waals surface area contributed by atoms with Crippen LogP contribution in [0, 0.1) is 3.80 Å². The topological polar surface area (TPSA) is 36.9 Å². The van der Waals surface area contributed by atoms with E-state index in [1.165, 1.54) is 16.7 Å². The summed E-state index contributed by atoms with van der Waals surface area (Å²) in [5, 5.41) is 4.17. The van der Waals surface area contributed by atoms with Crippen LogP contribution in [0.1, 0.15) is 22.5 Å². The second-order valence-electron chi connectivity index (χ2n) is 6.73. The van der Waals surface area contributed by atoms with Gasteiger partial charge in [-0.25, -0.2) is 0 Å². The molecule has 1 aromatic heterocycles. The Morgan fingerprint density at radius 1 is 0.839 bits per heavy atom. The van der Waals surface area contributed by atoms with E-state index in [0.29, 0.717) is 0 Å². The minimum atomic E-state index is 0.794. The number of nitrogens with zero attached hydrogens (tertiary/aromatic N) is 3. The van der Waals surface area contributed by atoms with Crippen LogP contribution < -0.4 is 0 Å². The molecule has 0 atom stereocenters. The summed E-state index contributed by atoms with van der Waals surface area (Å²) in [5.74, 6) is 0.997. The van der Waals surface area contributed by atoms with Crippen LogP contribution in [-0.4, -0.2) is 16.1 Å². The quantitative estimate of drug-likeness (QED) is 0.172. The van der Waals surface area contributed by atoms with Crippen LogP contribution in [0.3, 0.4) is 0 Å². The molecule has 0 saturated heterocycles. The molecule has 4 rings (SSSR count). The molecular weight excluding hydrogens is 817 g/mol. The van der Waals surface area contributed by atoms with Crippen molar-refractivity contribution in [3.63, 3.8) is 0 Å². The molecule has 0 bridgehead atoms. The Hall–Kier alpha value is -0.802. The molecule has 0 aliphatic heterocycles. The van der Waals surface area contributed by atoms with Crippen molar-refractivity contribution < 1.29 is 19.4 Å². The van der Waals surface area contributed by atoms with E-state index in [2.05, 4.69) is 130 Å². The summed E-state index contributed by atoms with van der Waals surface area (Å²) in [6, 6.07) is 28.7. The fraction of sp³-hybridized carbons (Fsp3) is 0.130. The summed E-state index contributed by atoms with van der Waals surface area (Å²) in [7, 11) is 0. The number of nitrogens with one attached hydrogen (secondary N) is 1. The molecule has 0 radical (unpaired) electrons. The van der Waals surface area contributed by atoms with Crippen molar-refractivity contribution in [2.24, 2.45) is 0 Å². The van der Waals surface area contributed by atoms with Crippen molar-refractivity contribution in [1.82, 2.24) is 16.1 Å². The Balaban J connectivity index is 0.000000210. The first-order valence-corrected chi connectivity index (χ1v) is 13.0. The maximum absolute atomic E-state index is 5.73. The molecule has 31 heavy (non-hydrogen) atoms. The fourth-order valence-corrected chi connectivity index (χ4v) is 4.38. The number of halogens is 3. The van der Waals surface area contributed by atoms with Gasteiger partial charge in [0.1, 0.15) is 0 Å². The zero-order chi connectivity index (χ0) is 22.1. The average Bonchev–Trinajstić information content (AvgIpc) is 3.10. The SMILES string of the molecule is Clc1ccc(CN(I)I)cc1.[Pt]=[c]1nc(Cc2ccccc2)[nH]n1Cc1ccccc1. The first-order chi connectivity index (χ1) is 15.0. The molecule has 0 unspecified atom stereocenters. The van der Waals surface area contributed by atoms with Crippen molar-refractivity contribution in [1.29, 1.82) is 0 Å². The van der Waals surface area contributed by atoms with Gasteiger partial charge < -0.3 is 0 Å². The van der Waals surface area contributed by atoms with Gasteiger partial charge in [-0.1, -0.05) is 23.7 Å². The molecule has 0 aliphatic rings. The van der Waals surface area contributed by atoms with Crippen LogP contribution in [0.2, 0.25) is 5.02 Å². The summed E-state index contributed by atoms with van der Waals surface area (Å²) in [6.45, 7) is 1.76. The zero-order valence-electron chi connectivity index (χ0n) is 16.5. The number of aromatic nitrogens is 3. The number of hydrogen-bond acceptors (Lipinski definition) is 2. The van der Waals surface area contributed by atoms with E-state index < -0.39 is 0 Å². The van der Waals surface area contributed by atoms with E-state index in [-0.39, 0.29) is 0 Å². The Morgan fingerprint density at radius 2 is 1.42 bits per heavy atom. The molecular formula is C23H21ClI2N4Pt. The Labute approximate surface area is 226 Å². The molecule has 3 aromatic carbocycles. The van der Waals surface area contributed by atoms with Crippen LogP contribution in [0.5, 0.6) is 0 Å². The Morgan fingerprint density at radius 3 is 2.00 bits per heavy atom. The van der Waals surface area contributed by atoms with E-state index in [1.807, 2.05) is 36.4 Å². The summed E-state index contributed by atoms with van der Waals surface area (Å²) in [4.78, 5) is 4.60. The number of aromatic amines is 1. The third kappa shape index (κ3) is 8.92. The molecule has 1 N–H and O–H groups in total. The number of hydrogen-bond donors (Lipinski definition) is 1. The molecule has 0 aliphatic carbocycles. The van der Waals surface area contributed by atoms with Gasteiger partial charge in [0, 0.05) is 57.3 Å². The van der Waals surface area contributed by atoms with Crippen molar-refractivity contribution >= 4 is 57.3 Å². The first-order valence-electron chi connectivity index (χ1n) is 9.52. The molecule has 0 fully saturated rings. The molecule has 1 heterocycles. The van der Waals surface area contributed by atoms with Crippen LogP contribution in [0.4, 0.5) is 0 Å². The molecule has 0 spiro atoms. The summed E-state index contributed by atoms with van der Waals surface area (Å²) >= 11 is 12.5. The number of rotatable bonds is 6. The number of H-pyrrole nitrogens is 1. The van der Waals surface area contributed by atoms with E-state index in [0.717, 1.165) is 34.2 Å². The van der Waals surface area contributed by atoms with Gasteiger partial charge in [-0.3, -0.25) is 0 Å². The van der Waals surface area contributed by atoms with Gasteiger partial charge in [-0.15, -0.1) is 0 Å². The normalized spacial score (nSPS) is 10.6. The summed E-state index contributed by atoms with van der Waals surface area (Å²) in [5.41, 5.74) is 3.81. The van der Waals surface area contributed by atoms with E-state index in [1.54, 1.807) is 0 Å². The maximum atomic E-state index is 5.73. The van der Waals surface area contributed by atoms with Crippen molar-refractivity contribution in [2.45, 2.75) is 19.5 Å². The summed E-state index contributed by atoms with van der Waals surface area (Å²) in [6.07, 6.45) is 0.832. The van der Waals surface area contributed by atoms with Gasteiger partial charge in [0.15, 0.2) is 0 Å². The molecule has 0 amide bonds. The van der Waals surface area contributed by atoms with E-state index >= 15 is 0 Å². The predicted octanol–water partition coefficient (Wildman–Crippen LogP) is 6.77. The Kier molecular flexibility index (Phi) is 10.4. The molecule has 0 saturated carbocycles. The monoisotopic (exact) mass is 837 g/mol. The van der Waals surface area contributed by atoms with Crippen molar-refractivity contribution in [2.75, 3.05) is 0 Å². The Bertz CT molecular complexity index is 1110. The van der Waals surface area contributed by atoms with Crippen molar-refractivity contribution in [3.05, 3.63) is 116 Å². The van der Waals surface area contributed by atoms with Crippen LogP contribution in [0.15, 0.2) is 84.9 Å². The number of benzene rings is 3. The first kappa shape index (κ1) is 24.8. The predicted molar refractivity (Wildman–Crippen MR) is 140 cm³/mol. The van der Waals surface area contributed by atoms with Crippen LogP contribution >= 0.6 is 57.3 Å². The fourth-order valence-electron chi connectivity index (χ4n) is 2.85. The molecule has 164 valence electrons. The van der Waals surface area contributed by atoms with E-state index in [4.69, 9.17) is 11.6 Å². The van der Waals surface area contributed by atoms with E-state index in [9.17, 15) is 0 Å². The van der Waals surface area contributed by atoms with Gasteiger partial charge in [0.2, 0.25) is 0 Å². The van der Waals surface area contributed by atoms with Gasteiger partial charge in [0.25, 0.3) is 0 Å². The van der Waals surface area contributed by atoms with Gasteiger partial charge >= 0.3 is 129 Å². The minimum absolute atomic E-state index is 0.794. The van der Waals surface area contributed by atoms with Crippen molar-refractivity contribution in [3.8, 4) is 0 Å². The standard InChI is InChI=1S/C16H15N3.C7H6ClI2N.Pt/c1-3-7-14(8-4-1)11-16-17-13-19(18-16)12-15-9-5-2-6-10-15;8-7-3-1-6(2-4-7)5-11(9)10;/h1-10H,11-12H2,(H,17,18);1-4H,5H2;. The van der Waals surface area contributed by atoms with Gasteiger partial charge in [-0.05, 0) is 17.7 Å². The summed E-state index contributed by atoms with van der Waals surface area (Å²) < 4.78 is 5.13. The molecule has 4 nitrogen and oxygen atoms in total. The second-order valence-corrected chi connectivity index (χ2v) is 12.4. The average molecular weight is 838 g/mol. The molecule has 4 aromatic rings. The van der Waals surface area contributed by atoms with Gasteiger partial charge in [-0.2, -0.15) is 1.33 Å². The molecule has 8 heteroatoms. The van der Waals surface area contributed by atoms with Crippen LogP contribution in [0.25, 0.3) is 0 Å². The second kappa shape index (κ2) is 13.0. The van der Waals surface area contributed by atoms with Crippen LogP contribution in [-0.2, 0) is 38.9 Å². The third-order valence-electron chi connectivity index (χ3n) is 4.30. The van der Waals surface area contributed by atoms with Gasteiger partial charge in [0.05, 0.1) is 0 Å². The zero-order valence-corrected chi connectivity index (χ0v) is 23.8. The third-order valence-corrected chi connectivity index (χ3v) is 6.11.